The SMILES string of the molecule is Cc1cc(F)ccc1CC(C)CC(C)Br. The average molecular weight is 273 g/mol. The van der Waals surface area contributed by atoms with Gasteiger partial charge < -0.3 is 0 Å². The topological polar surface area (TPSA) is 0 Å². The van der Waals surface area contributed by atoms with E-state index in [9.17, 15) is 4.39 Å². The van der Waals surface area contributed by atoms with Crippen LogP contribution < -0.4 is 0 Å². The molecule has 2 heteroatoms. The number of benzene rings is 1. The van der Waals surface area contributed by atoms with Crippen molar-refractivity contribution in [1.29, 1.82) is 0 Å². The van der Waals surface area contributed by atoms with Crippen LogP contribution in [0.2, 0.25) is 0 Å². The Hall–Kier alpha value is -0.370. The molecule has 0 saturated heterocycles. The van der Waals surface area contributed by atoms with Crippen molar-refractivity contribution in [3.05, 3.63) is 35.1 Å². The molecular formula is C13H18BrF. The summed E-state index contributed by atoms with van der Waals surface area (Å²) in [5, 5.41) is 0. The van der Waals surface area contributed by atoms with E-state index in [1.807, 2.05) is 13.0 Å². The van der Waals surface area contributed by atoms with Gasteiger partial charge in [-0.15, -0.1) is 0 Å². The molecule has 0 nitrogen and oxygen atoms in total. The number of alkyl halides is 1. The molecule has 84 valence electrons. The van der Waals surface area contributed by atoms with Crippen molar-refractivity contribution in [2.45, 2.75) is 38.4 Å². The van der Waals surface area contributed by atoms with Gasteiger partial charge in [0.15, 0.2) is 0 Å². The van der Waals surface area contributed by atoms with Gasteiger partial charge in [-0.3, -0.25) is 0 Å². The maximum absolute atomic E-state index is 12.9. The first-order valence-electron chi connectivity index (χ1n) is 5.38. The zero-order valence-corrected chi connectivity index (χ0v) is 11.1. The predicted octanol–water partition coefficient (Wildman–Crippen LogP) is 4.49. The largest absolute Gasteiger partial charge is 0.207 e. The van der Waals surface area contributed by atoms with Crippen molar-refractivity contribution in [2.75, 3.05) is 0 Å². The Balaban J connectivity index is 2.64. The number of hydrogen-bond donors (Lipinski definition) is 0. The quantitative estimate of drug-likeness (QED) is 0.709. The Morgan fingerprint density at radius 2 is 2.00 bits per heavy atom. The summed E-state index contributed by atoms with van der Waals surface area (Å²) in [6.07, 6.45) is 2.18. The fourth-order valence-corrected chi connectivity index (χ4v) is 2.54. The molecule has 0 aliphatic carbocycles. The van der Waals surface area contributed by atoms with E-state index in [-0.39, 0.29) is 5.82 Å². The summed E-state index contributed by atoms with van der Waals surface area (Å²) in [6, 6.07) is 5.06. The summed E-state index contributed by atoms with van der Waals surface area (Å²) >= 11 is 3.56. The van der Waals surface area contributed by atoms with Gasteiger partial charge in [-0.2, -0.15) is 0 Å². The summed E-state index contributed by atoms with van der Waals surface area (Å²) < 4.78 is 12.9. The molecule has 1 aromatic carbocycles. The van der Waals surface area contributed by atoms with Crippen LogP contribution in [0.4, 0.5) is 4.39 Å². The van der Waals surface area contributed by atoms with Gasteiger partial charge in [-0.1, -0.05) is 35.8 Å². The van der Waals surface area contributed by atoms with E-state index >= 15 is 0 Å². The molecule has 0 amide bonds. The highest BCUT2D eigenvalue weighted by atomic mass is 79.9. The zero-order valence-electron chi connectivity index (χ0n) is 9.56. The molecule has 0 bridgehead atoms. The van der Waals surface area contributed by atoms with Crippen molar-refractivity contribution in [3.8, 4) is 0 Å². The first-order valence-corrected chi connectivity index (χ1v) is 6.29. The first-order chi connectivity index (χ1) is 6.99. The van der Waals surface area contributed by atoms with Crippen LogP contribution in [0.5, 0.6) is 0 Å². The molecule has 0 fully saturated rings. The van der Waals surface area contributed by atoms with Crippen molar-refractivity contribution < 1.29 is 4.39 Å². The lowest BCUT2D eigenvalue weighted by Gasteiger charge is -2.14. The molecule has 15 heavy (non-hydrogen) atoms. The second-order valence-electron chi connectivity index (χ2n) is 4.40. The Bertz CT molecular complexity index is 320. The van der Waals surface area contributed by atoms with Crippen LogP contribution in [0.25, 0.3) is 0 Å². The highest BCUT2D eigenvalue weighted by molar-refractivity contribution is 9.09. The molecular weight excluding hydrogens is 255 g/mol. The molecule has 0 heterocycles. The fraction of sp³-hybridized carbons (Fsp3) is 0.538. The Morgan fingerprint density at radius 3 is 2.53 bits per heavy atom. The average Bonchev–Trinajstić information content (AvgIpc) is 2.08. The summed E-state index contributed by atoms with van der Waals surface area (Å²) in [6.45, 7) is 6.37. The van der Waals surface area contributed by atoms with E-state index in [4.69, 9.17) is 0 Å². The van der Waals surface area contributed by atoms with Crippen LogP contribution in [0.1, 0.15) is 31.4 Å². The van der Waals surface area contributed by atoms with Crippen LogP contribution in [-0.2, 0) is 6.42 Å². The second kappa shape index (κ2) is 5.64. The standard InChI is InChI=1S/C13H18BrF/c1-9(6-11(3)14)7-12-4-5-13(15)8-10(12)2/h4-5,8-9,11H,6-7H2,1-3H3. The van der Waals surface area contributed by atoms with Crippen LogP contribution in [0.15, 0.2) is 18.2 Å². The van der Waals surface area contributed by atoms with Gasteiger partial charge in [0.05, 0.1) is 0 Å². The maximum atomic E-state index is 12.9. The zero-order chi connectivity index (χ0) is 11.4. The molecule has 2 atom stereocenters. The molecule has 0 spiro atoms. The van der Waals surface area contributed by atoms with E-state index in [1.54, 1.807) is 12.1 Å². The van der Waals surface area contributed by atoms with Crippen LogP contribution in [0.3, 0.4) is 0 Å². The van der Waals surface area contributed by atoms with Gasteiger partial charge in [0.1, 0.15) is 5.82 Å². The van der Waals surface area contributed by atoms with E-state index in [0.29, 0.717) is 10.7 Å². The minimum absolute atomic E-state index is 0.141. The van der Waals surface area contributed by atoms with Gasteiger partial charge in [0, 0.05) is 4.83 Å². The molecule has 2 unspecified atom stereocenters. The second-order valence-corrected chi connectivity index (χ2v) is 5.96. The molecule has 0 aliphatic heterocycles. The van der Waals surface area contributed by atoms with E-state index in [1.165, 1.54) is 5.56 Å². The van der Waals surface area contributed by atoms with E-state index < -0.39 is 0 Å². The van der Waals surface area contributed by atoms with Crippen molar-refractivity contribution in [2.24, 2.45) is 5.92 Å². The minimum atomic E-state index is -0.141. The smallest absolute Gasteiger partial charge is 0.123 e. The molecule has 0 aliphatic rings. The lowest BCUT2D eigenvalue weighted by Crippen LogP contribution is -2.06. The highest BCUT2D eigenvalue weighted by Crippen LogP contribution is 2.20. The molecule has 1 rings (SSSR count). The third-order valence-electron chi connectivity index (χ3n) is 2.60. The van der Waals surface area contributed by atoms with Gasteiger partial charge in [-0.25, -0.2) is 4.39 Å². The van der Waals surface area contributed by atoms with Crippen LogP contribution in [-0.4, -0.2) is 4.83 Å². The first kappa shape index (κ1) is 12.7. The predicted molar refractivity (Wildman–Crippen MR) is 67.0 cm³/mol. The van der Waals surface area contributed by atoms with Gasteiger partial charge in [-0.05, 0) is 48.9 Å². The molecule has 1 aromatic rings. The molecule has 0 N–H and O–H groups in total. The van der Waals surface area contributed by atoms with E-state index in [2.05, 4.69) is 29.8 Å². The summed E-state index contributed by atoms with van der Waals surface area (Å²) in [7, 11) is 0. The number of rotatable bonds is 4. The summed E-state index contributed by atoms with van der Waals surface area (Å²) in [5.41, 5.74) is 2.32. The number of halogens is 2. The lowest BCUT2D eigenvalue weighted by atomic mass is 9.94. The maximum Gasteiger partial charge on any atom is 0.123 e. The van der Waals surface area contributed by atoms with E-state index in [0.717, 1.165) is 18.4 Å². The van der Waals surface area contributed by atoms with Crippen molar-refractivity contribution >= 4 is 15.9 Å². The van der Waals surface area contributed by atoms with Gasteiger partial charge in [0.25, 0.3) is 0 Å². The Labute approximate surface area is 100 Å². The number of hydrogen-bond acceptors (Lipinski definition) is 0. The monoisotopic (exact) mass is 272 g/mol. The van der Waals surface area contributed by atoms with Gasteiger partial charge in [0.2, 0.25) is 0 Å². The number of aryl methyl sites for hydroxylation is 1. The van der Waals surface area contributed by atoms with Crippen molar-refractivity contribution in [1.82, 2.24) is 0 Å². The lowest BCUT2D eigenvalue weighted by molar-refractivity contribution is 0.530. The van der Waals surface area contributed by atoms with Crippen molar-refractivity contribution in [3.63, 3.8) is 0 Å². The molecule has 0 aromatic heterocycles. The summed E-state index contributed by atoms with van der Waals surface area (Å²) in [4.78, 5) is 0.549. The fourth-order valence-electron chi connectivity index (χ4n) is 1.90. The van der Waals surface area contributed by atoms with Crippen LogP contribution in [0, 0.1) is 18.7 Å². The summed E-state index contributed by atoms with van der Waals surface area (Å²) in [5.74, 6) is 0.487. The Kier molecular flexibility index (Phi) is 4.78. The highest BCUT2D eigenvalue weighted by Gasteiger charge is 2.09. The minimum Gasteiger partial charge on any atom is -0.207 e. The molecule has 0 saturated carbocycles. The normalized spacial score (nSPS) is 15.0. The van der Waals surface area contributed by atoms with Gasteiger partial charge >= 0.3 is 0 Å². The third kappa shape index (κ3) is 4.33. The molecule has 0 radical (unpaired) electrons. The Morgan fingerprint density at radius 1 is 1.33 bits per heavy atom. The third-order valence-corrected chi connectivity index (χ3v) is 2.97. The van der Waals surface area contributed by atoms with Crippen LogP contribution >= 0.6 is 15.9 Å².